The van der Waals surface area contributed by atoms with Gasteiger partial charge in [0.15, 0.2) is 0 Å². The fourth-order valence-corrected chi connectivity index (χ4v) is 3.59. The van der Waals surface area contributed by atoms with E-state index in [4.69, 9.17) is 4.42 Å². The molecule has 0 unspecified atom stereocenters. The van der Waals surface area contributed by atoms with Crippen molar-refractivity contribution in [3.63, 3.8) is 0 Å². The third kappa shape index (κ3) is 3.30. The minimum atomic E-state index is 0.865. The summed E-state index contributed by atoms with van der Waals surface area (Å²) >= 11 is 0. The highest BCUT2D eigenvalue weighted by Gasteiger charge is 2.19. The fraction of sp³-hybridized carbons (Fsp3) is 0.556. The number of nitrogens with one attached hydrogen (secondary N) is 1. The third-order valence-corrected chi connectivity index (χ3v) is 4.59. The molecule has 1 N–H and O–H groups in total. The van der Waals surface area contributed by atoms with Crippen molar-refractivity contribution in [3.05, 3.63) is 35.6 Å². The SMILES string of the molecule is CNCc1c(CN(C)CC2CCCC2)oc2ccccc12. The second kappa shape index (κ2) is 6.63. The van der Waals surface area contributed by atoms with Crippen molar-refractivity contribution in [2.24, 2.45) is 5.92 Å². The van der Waals surface area contributed by atoms with Gasteiger partial charge in [-0.3, -0.25) is 4.90 Å². The van der Waals surface area contributed by atoms with Crippen LogP contribution in [0.3, 0.4) is 0 Å². The van der Waals surface area contributed by atoms with Crippen molar-refractivity contribution in [2.75, 3.05) is 20.6 Å². The lowest BCUT2D eigenvalue weighted by atomic mass is 10.1. The molecule has 0 spiro atoms. The van der Waals surface area contributed by atoms with E-state index < -0.39 is 0 Å². The van der Waals surface area contributed by atoms with Gasteiger partial charge in [0.05, 0.1) is 6.54 Å². The van der Waals surface area contributed by atoms with Crippen molar-refractivity contribution >= 4 is 11.0 Å². The van der Waals surface area contributed by atoms with Crippen LogP contribution in [0.2, 0.25) is 0 Å². The van der Waals surface area contributed by atoms with E-state index >= 15 is 0 Å². The number of hydrogen-bond donors (Lipinski definition) is 1. The first-order valence-corrected chi connectivity index (χ1v) is 8.10. The molecule has 3 heteroatoms. The number of nitrogens with zero attached hydrogens (tertiary/aromatic N) is 1. The number of furan rings is 1. The molecular formula is C18H26N2O. The predicted molar refractivity (Wildman–Crippen MR) is 87.3 cm³/mol. The first kappa shape index (κ1) is 14.6. The van der Waals surface area contributed by atoms with Crippen LogP contribution in [0.15, 0.2) is 28.7 Å². The van der Waals surface area contributed by atoms with E-state index in [-0.39, 0.29) is 0 Å². The van der Waals surface area contributed by atoms with Crippen molar-refractivity contribution < 1.29 is 4.42 Å². The molecule has 0 amide bonds. The van der Waals surface area contributed by atoms with E-state index in [0.29, 0.717) is 0 Å². The Bertz CT molecular complexity index is 584. The molecule has 3 rings (SSSR count). The molecule has 21 heavy (non-hydrogen) atoms. The van der Waals surface area contributed by atoms with Crippen LogP contribution in [0.25, 0.3) is 11.0 Å². The molecule has 0 radical (unpaired) electrons. The molecule has 0 aliphatic heterocycles. The highest BCUT2D eigenvalue weighted by molar-refractivity contribution is 5.82. The summed E-state index contributed by atoms with van der Waals surface area (Å²) in [4.78, 5) is 2.42. The Kier molecular flexibility index (Phi) is 4.61. The molecule has 0 saturated heterocycles. The molecule has 1 saturated carbocycles. The van der Waals surface area contributed by atoms with Gasteiger partial charge in [0, 0.05) is 24.0 Å². The van der Waals surface area contributed by atoms with Gasteiger partial charge in [0.1, 0.15) is 11.3 Å². The number of hydrogen-bond acceptors (Lipinski definition) is 3. The Balaban J connectivity index is 1.76. The van der Waals surface area contributed by atoms with Crippen molar-refractivity contribution in [1.82, 2.24) is 10.2 Å². The average Bonchev–Trinajstić information content (AvgIpc) is 3.08. The zero-order valence-electron chi connectivity index (χ0n) is 13.2. The van der Waals surface area contributed by atoms with E-state index in [2.05, 4.69) is 35.5 Å². The summed E-state index contributed by atoms with van der Waals surface area (Å²) < 4.78 is 6.11. The topological polar surface area (TPSA) is 28.4 Å². The van der Waals surface area contributed by atoms with E-state index in [9.17, 15) is 0 Å². The smallest absolute Gasteiger partial charge is 0.134 e. The van der Waals surface area contributed by atoms with Gasteiger partial charge in [-0.1, -0.05) is 31.0 Å². The Hall–Kier alpha value is -1.32. The van der Waals surface area contributed by atoms with Gasteiger partial charge in [-0.25, -0.2) is 0 Å². The monoisotopic (exact) mass is 286 g/mol. The summed E-state index contributed by atoms with van der Waals surface area (Å²) in [6.45, 7) is 2.96. The highest BCUT2D eigenvalue weighted by Crippen LogP contribution is 2.28. The third-order valence-electron chi connectivity index (χ3n) is 4.59. The van der Waals surface area contributed by atoms with Crippen LogP contribution in [0.1, 0.15) is 37.0 Å². The maximum Gasteiger partial charge on any atom is 0.134 e. The first-order chi connectivity index (χ1) is 10.3. The number of rotatable bonds is 6. The van der Waals surface area contributed by atoms with Gasteiger partial charge in [0.25, 0.3) is 0 Å². The summed E-state index contributed by atoms with van der Waals surface area (Å²) in [5.74, 6) is 2.00. The Labute approximate surface area is 127 Å². The van der Waals surface area contributed by atoms with Gasteiger partial charge in [-0.15, -0.1) is 0 Å². The molecule has 1 aliphatic rings. The van der Waals surface area contributed by atoms with Crippen LogP contribution < -0.4 is 5.32 Å². The number of fused-ring (bicyclic) bond motifs is 1. The van der Waals surface area contributed by atoms with Gasteiger partial charge in [0.2, 0.25) is 0 Å². The molecule has 114 valence electrons. The van der Waals surface area contributed by atoms with Gasteiger partial charge < -0.3 is 9.73 Å². The van der Waals surface area contributed by atoms with Crippen molar-refractivity contribution in [3.8, 4) is 0 Å². The maximum atomic E-state index is 6.11. The van der Waals surface area contributed by atoms with E-state index in [1.165, 1.54) is 43.2 Å². The zero-order chi connectivity index (χ0) is 14.7. The standard InChI is InChI=1S/C18H26N2O/c1-19-11-16-15-9-5-6-10-17(15)21-18(16)13-20(2)12-14-7-3-4-8-14/h5-6,9-10,14,19H,3-4,7-8,11-13H2,1-2H3. The van der Waals surface area contributed by atoms with Crippen molar-refractivity contribution in [1.29, 1.82) is 0 Å². The number of benzene rings is 1. The van der Waals surface area contributed by atoms with E-state index in [1.54, 1.807) is 0 Å². The summed E-state index contributed by atoms with van der Waals surface area (Å²) in [7, 11) is 4.21. The molecular weight excluding hydrogens is 260 g/mol. The molecule has 1 aromatic heterocycles. The Morgan fingerprint density at radius 3 is 2.76 bits per heavy atom. The minimum Gasteiger partial charge on any atom is -0.459 e. The molecule has 0 atom stereocenters. The minimum absolute atomic E-state index is 0.865. The van der Waals surface area contributed by atoms with Crippen LogP contribution in [-0.2, 0) is 13.1 Å². The van der Waals surface area contributed by atoms with Gasteiger partial charge in [-0.05, 0) is 38.9 Å². The average molecular weight is 286 g/mol. The summed E-state index contributed by atoms with van der Waals surface area (Å²) in [5, 5.41) is 4.52. The van der Waals surface area contributed by atoms with Crippen LogP contribution in [0, 0.1) is 5.92 Å². The molecule has 3 nitrogen and oxygen atoms in total. The molecule has 0 bridgehead atoms. The predicted octanol–water partition coefficient (Wildman–Crippen LogP) is 3.77. The second-order valence-corrected chi connectivity index (χ2v) is 6.38. The Morgan fingerprint density at radius 2 is 2.00 bits per heavy atom. The largest absolute Gasteiger partial charge is 0.459 e. The van der Waals surface area contributed by atoms with Crippen LogP contribution in [-0.4, -0.2) is 25.5 Å². The summed E-state index contributed by atoms with van der Waals surface area (Å²) in [6, 6.07) is 8.35. The zero-order valence-corrected chi connectivity index (χ0v) is 13.2. The normalized spacial score (nSPS) is 16.3. The van der Waals surface area contributed by atoms with Crippen molar-refractivity contribution in [2.45, 2.75) is 38.8 Å². The summed E-state index contributed by atoms with van der Waals surface area (Å²) in [6.07, 6.45) is 5.62. The molecule has 2 aromatic rings. The lowest BCUT2D eigenvalue weighted by Gasteiger charge is -2.20. The molecule has 1 aliphatic carbocycles. The maximum absolute atomic E-state index is 6.11. The van der Waals surface area contributed by atoms with Crippen LogP contribution >= 0.6 is 0 Å². The lowest BCUT2D eigenvalue weighted by molar-refractivity contribution is 0.252. The first-order valence-electron chi connectivity index (χ1n) is 8.10. The van der Waals surface area contributed by atoms with Gasteiger partial charge in [-0.2, -0.15) is 0 Å². The fourth-order valence-electron chi connectivity index (χ4n) is 3.59. The highest BCUT2D eigenvalue weighted by atomic mass is 16.3. The second-order valence-electron chi connectivity index (χ2n) is 6.38. The molecule has 1 heterocycles. The Morgan fingerprint density at radius 1 is 1.24 bits per heavy atom. The van der Waals surface area contributed by atoms with Crippen LogP contribution in [0.5, 0.6) is 0 Å². The van der Waals surface area contributed by atoms with Gasteiger partial charge >= 0.3 is 0 Å². The van der Waals surface area contributed by atoms with E-state index in [1.807, 2.05) is 13.1 Å². The molecule has 1 fully saturated rings. The number of para-hydroxylation sites is 1. The summed E-state index contributed by atoms with van der Waals surface area (Å²) in [5.41, 5.74) is 2.32. The lowest BCUT2D eigenvalue weighted by Crippen LogP contribution is -2.24. The van der Waals surface area contributed by atoms with Crippen LogP contribution in [0.4, 0.5) is 0 Å². The molecule has 1 aromatic carbocycles. The van der Waals surface area contributed by atoms with E-state index in [0.717, 1.165) is 30.4 Å². The quantitative estimate of drug-likeness (QED) is 0.876.